The van der Waals surface area contributed by atoms with Crippen LogP contribution in [0, 0.1) is 5.41 Å². The highest BCUT2D eigenvalue weighted by Crippen LogP contribution is 2.34. The maximum Gasteiger partial charge on any atom is 0.127 e. The average molecular weight is 255 g/mol. The van der Waals surface area contributed by atoms with Gasteiger partial charge < -0.3 is 9.90 Å². The molecule has 18 heavy (non-hydrogen) atoms. The summed E-state index contributed by atoms with van der Waals surface area (Å²) in [5.74, 6) is 0. The van der Waals surface area contributed by atoms with Crippen LogP contribution in [0.15, 0.2) is 0 Å². The van der Waals surface area contributed by atoms with Crippen molar-refractivity contribution in [3.05, 3.63) is 0 Å². The second-order valence-corrected chi connectivity index (χ2v) is 6.51. The predicted molar refractivity (Wildman–Crippen MR) is 74.6 cm³/mol. The SMILES string of the molecule is CCN(CC(C)(C)O)CC1(C=O)CCCCCC1. The number of hydrogen-bond donors (Lipinski definition) is 1. The summed E-state index contributed by atoms with van der Waals surface area (Å²) in [5.41, 5.74) is -0.859. The molecule has 0 heterocycles. The summed E-state index contributed by atoms with van der Waals surface area (Å²) >= 11 is 0. The predicted octanol–water partition coefficient (Wildman–Crippen LogP) is 2.62. The van der Waals surface area contributed by atoms with E-state index >= 15 is 0 Å². The quantitative estimate of drug-likeness (QED) is 0.586. The Balaban J connectivity index is 2.66. The van der Waals surface area contributed by atoms with Gasteiger partial charge >= 0.3 is 0 Å². The van der Waals surface area contributed by atoms with Gasteiger partial charge in [-0.15, -0.1) is 0 Å². The molecule has 0 saturated heterocycles. The molecule has 1 aliphatic carbocycles. The van der Waals surface area contributed by atoms with Crippen molar-refractivity contribution >= 4 is 6.29 Å². The standard InChI is InChI=1S/C15H29NO2/c1-4-16(11-14(2,3)18)12-15(13-17)9-7-5-6-8-10-15/h13,18H,4-12H2,1-3H3. The van der Waals surface area contributed by atoms with Crippen molar-refractivity contribution in [2.45, 2.75) is 64.9 Å². The van der Waals surface area contributed by atoms with Gasteiger partial charge in [0.15, 0.2) is 0 Å². The number of aliphatic hydroxyl groups is 1. The molecule has 0 radical (unpaired) electrons. The molecule has 3 nitrogen and oxygen atoms in total. The van der Waals surface area contributed by atoms with Gasteiger partial charge in [0.25, 0.3) is 0 Å². The fourth-order valence-corrected chi connectivity index (χ4v) is 3.02. The molecule has 0 atom stereocenters. The van der Waals surface area contributed by atoms with E-state index in [1.54, 1.807) is 0 Å². The molecule has 0 aromatic carbocycles. The fraction of sp³-hybridized carbons (Fsp3) is 0.933. The molecule has 1 fully saturated rings. The number of carbonyl (C=O) groups excluding carboxylic acids is 1. The first kappa shape index (κ1) is 15.6. The molecule has 106 valence electrons. The normalized spacial score (nSPS) is 20.7. The van der Waals surface area contributed by atoms with E-state index in [1.807, 2.05) is 13.8 Å². The minimum atomic E-state index is -0.690. The van der Waals surface area contributed by atoms with Gasteiger partial charge in [0.1, 0.15) is 6.29 Å². The van der Waals surface area contributed by atoms with Crippen LogP contribution in [-0.4, -0.2) is 41.5 Å². The Labute approximate surface area is 112 Å². The lowest BCUT2D eigenvalue weighted by atomic mass is 9.81. The van der Waals surface area contributed by atoms with Crippen molar-refractivity contribution in [3.8, 4) is 0 Å². The number of aldehydes is 1. The van der Waals surface area contributed by atoms with Crippen LogP contribution in [0.25, 0.3) is 0 Å². The monoisotopic (exact) mass is 255 g/mol. The van der Waals surface area contributed by atoms with Crippen LogP contribution < -0.4 is 0 Å². The van der Waals surface area contributed by atoms with Gasteiger partial charge in [0, 0.05) is 18.5 Å². The minimum absolute atomic E-state index is 0.169. The molecule has 1 saturated carbocycles. The lowest BCUT2D eigenvalue weighted by molar-refractivity contribution is -0.118. The summed E-state index contributed by atoms with van der Waals surface area (Å²) < 4.78 is 0. The van der Waals surface area contributed by atoms with Crippen molar-refractivity contribution in [1.82, 2.24) is 4.90 Å². The maximum absolute atomic E-state index is 11.6. The van der Waals surface area contributed by atoms with Crippen molar-refractivity contribution in [3.63, 3.8) is 0 Å². The number of likely N-dealkylation sites (N-methyl/N-ethyl adjacent to an activating group) is 1. The van der Waals surface area contributed by atoms with Crippen molar-refractivity contribution < 1.29 is 9.90 Å². The molecular weight excluding hydrogens is 226 g/mol. The summed E-state index contributed by atoms with van der Waals surface area (Å²) in [6.45, 7) is 8.09. The molecule has 1 aliphatic rings. The average Bonchev–Trinajstić information content (AvgIpc) is 2.52. The highest BCUT2D eigenvalue weighted by Gasteiger charge is 2.33. The summed E-state index contributed by atoms with van der Waals surface area (Å²) in [6.07, 6.45) is 8.06. The Kier molecular flexibility index (Phi) is 5.80. The number of hydrogen-bond acceptors (Lipinski definition) is 3. The van der Waals surface area contributed by atoms with Crippen LogP contribution in [-0.2, 0) is 4.79 Å². The molecule has 0 bridgehead atoms. The van der Waals surface area contributed by atoms with Crippen LogP contribution in [0.5, 0.6) is 0 Å². The van der Waals surface area contributed by atoms with Gasteiger partial charge in [0.2, 0.25) is 0 Å². The van der Waals surface area contributed by atoms with Gasteiger partial charge in [-0.1, -0.05) is 32.6 Å². The Morgan fingerprint density at radius 3 is 2.17 bits per heavy atom. The van der Waals surface area contributed by atoms with Crippen LogP contribution in [0.1, 0.15) is 59.3 Å². The topological polar surface area (TPSA) is 40.5 Å². The summed E-state index contributed by atoms with van der Waals surface area (Å²) in [4.78, 5) is 13.8. The Morgan fingerprint density at radius 1 is 1.22 bits per heavy atom. The fourth-order valence-electron chi connectivity index (χ4n) is 3.02. The molecule has 0 aromatic rings. The molecular formula is C15H29NO2. The number of rotatable bonds is 6. The van der Waals surface area contributed by atoms with Crippen molar-refractivity contribution in [2.24, 2.45) is 5.41 Å². The zero-order valence-electron chi connectivity index (χ0n) is 12.2. The summed E-state index contributed by atoms with van der Waals surface area (Å²) in [7, 11) is 0. The third-order valence-electron chi connectivity index (χ3n) is 3.95. The second kappa shape index (κ2) is 6.67. The molecule has 0 amide bonds. The van der Waals surface area contributed by atoms with E-state index in [1.165, 1.54) is 32.0 Å². The van der Waals surface area contributed by atoms with Gasteiger partial charge in [-0.3, -0.25) is 4.90 Å². The van der Waals surface area contributed by atoms with Crippen LogP contribution in [0.3, 0.4) is 0 Å². The summed E-state index contributed by atoms with van der Waals surface area (Å²) in [5, 5.41) is 9.93. The van der Waals surface area contributed by atoms with Crippen LogP contribution in [0.2, 0.25) is 0 Å². The first-order valence-corrected chi connectivity index (χ1v) is 7.32. The van der Waals surface area contributed by atoms with Gasteiger partial charge in [-0.05, 0) is 33.2 Å². The van der Waals surface area contributed by atoms with E-state index in [2.05, 4.69) is 11.8 Å². The highest BCUT2D eigenvalue weighted by atomic mass is 16.3. The van der Waals surface area contributed by atoms with E-state index in [9.17, 15) is 9.90 Å². The van der Waals surface area contributed by atoms with E-state index in [-0.39, 0.29) is 5.41 Å². The van der Waals surface area contributed by atoms with Crippen LogP contribution >= 0.6 is 0 Å². The van der Waals surface area contributed by atoms with E-state index in [0.29, 0.717) is 6.54 Å². The Hall–Kier alpha value is -0.410. The third-order valence-corrected chi connectivity index (χ3v) is 3.95. The minimum Gasteiger partial charge on any atom is -0.389 e. The number of nitrogens with zero attached hydrogens (tertiary/aromatic N) is 1. The molecule has 0 aliphatic heterocycles. The molecule has 0 aromatic heterocycles. The zero-order valence-corrected chi connectivity index (χ0v) is 12.2. The molecule has 1 N–H and O–H groups in total. The summed E-state index contributed by atoms with van der Waals surface area (Å²) in [6, 6.07) is 0. The Bertz CT molecular complexity index is 250. The zero-order chi connectivity index (χ0) is 13.6. The Morgan fingerprint density at radius 2 is 1.78 bits per heavy atom. The van der Waals surface area contributed by atoms with Crippen molar-refractivity contribution in [2.75, 3.05) is 19.6 Å². The van der Waals surface area contributed by atoms with E-state index < -0.39 is 5.60 Å². The lowest BCUT2D eigenvalue weighted by Crippen LogP contribution is -2.45. The number of carbonyl (C=O) groups is 1. The maximum atomic E-state index is 11.6. The molecule has 0 spiro atoms. The lowest BCUT2D eigenvalue weighted by Gasteiger charge is -2.36. The second-order valence-electron chi connectivity index (χ2n) is 6.51. The van der Waals surface area contributed by atoms with E-state index in [0.717, 1.165) is 25.9 Å². The largest absolute Gasteiger partial charge is 0.389 e. The third kappa shape index (κ3) is 5.07. The van der Waals surface area contributed by atoms with E-state index in [4.69, 9.17) is 0 Å². The van der Waals surface area contributed by atoms with Gasteiger partial charge in [-0.2, -0.15) is 0 Å². The van der Waals surface area contributed by atoms with Crippen molar-refractivity contribution in [1.29, 1.82) is 0 Å². The first-order valence-electron chi connectivity index (χ1n) is 7.32. The molecule has 1 rings (SSSR count). The molecule has 3 heteroatoms. The highest BCUT2D eigenvalue weighted by molar-refractivity contribution is 5.59. The first-order chi connectivity index (χ1) is 8.41. The van der Waals surface area contributed by atoms with Crippen LogP contribution in [0.4, 0.5) is 0 Å². The molecule has 0 unspecified atom stereocenters. The smallest absolute Gasteiger partial charge is 0.127 e. The van der Waals surface area contributed by atoms with Gasteiger partial charge in [0.05, 0.1) is 5.60 Å². The van der Waals surface area contributed by atoms with Gasteiger partial charge in [-0.25, -0.2) is 0 Å².